The highest BCUT2D eigenvalue weighted by molar-refractivity contribution is 5.34. The van der Waals surface area contributed by atoms with Gasteiger partial charge in [0.2, 0.25) is 0 Å². The van der Waals surface area contributed by atoms with Crippen LogP contribution in [0.1, 0.15) is 22.4 Å². The molecule has 0 spiro atoms. The Morgan fingerprint density at radius 1 is 0.905 bits per heavy atom. The van der Waals surface area contributed by atoms with E-state index in [4.69, 9.17) is 0 Å². The average molecular weight is 277 g/mol. The van der Waals surface area contributed by atoms with Gasteiger partial charge in [-0.3, -0.25) is 0 Å². The summed E-state index contributed by atoms with van der Waals surface area (Å²) in [6.45, 7) is 4.34. The Morgan fingerprint density at radius 3 is 2.52 bits per heavy atom. The van der Waals surface area contributed by atoms with Gasteiger partial charge in [0, 0.05) is 0 Å². The van der Waals surface area contributed by atoms with Crippen LogP contribution in [0.15, 0.2) is 54.7 Å². The highest BCUT2D eigenvalue weighted by Gasteiger charge is 2.05. The van der Waals surface area contributed by atoms with Crippen LogP contribution in [0.4, 0.5) is 0 Å². The van der Waals surface area contributed by atoms with Crippen LogP contribution in [-0.4, -0.2) is 15.0 Å². The molecular formula is C18H19N3. The Morgan fingerprint density at radius 2 is 1.71 bits per heavy atom. The fourth-order valence-corrected chi connectivity index (χ4v) is 2.47. The fourth-order valence-electron chi connectivity index (χ4n) is 2.47. The van der Waals surface area contributed by atoms with Crippen LogP contribution in [0.5, 0.6) is 0 Å². The zero-order valence-corrected chi connectivity index (χ0v) is 12.5. The standard InChI is InChI=1S/C18H19N3/c1-14-7-6-8-16(15(14)2)11-12-17-13-21(20-19-17)18-9-4-3-5-10-18/h3-10,13H,11-12H2,1-2H3. The third-order valence-corrected chi connectivity index (χ3v) is 3.93. The quantitative estimate of drug-likeness (QED) is 0.728. The van der Waals surface area contributed by atoms with Crippen LogP contribution in [0.25, 0.3) is 5.69 Å². The van der Waals surface area contributed by atoms with Gasteiger partial charge in [-0.15, -0.1) is 5.10 Å². The maximum atomic E-state index is 4.27. The number of rotatable bonds is 4. The first-order valence-electron chi connectivity index (χ1n) is 7.26. The molecular weight excluding hydrogens is 258 g/mol. The highest BCUT2D eigenvalue weighted by atomic mass is 15.4. The van der Waals surface area contributed by atoms with Gasteiger partial charge in [0.25, 0.3) is 0 Å². The molecule has 0 radical (unpaired) electrons. The molecule has 0 saturated heterocycles. The molecule has 0 saturated carbocycles. The van der Waals surface area contributed by atoms with Gasteiger partial charge in [-0.05, 0) is 55.5 Å². The van der Waals surface area contributed by atoms with Crippen molar-refractivity contribution < 1.29 is 0 Å². The molecule has 0 aliphatic carbocycles. The average Bonchev–Trinajstić information content (AvgIpc) is 2.99. The number of benzene rings is 2. The Balaban J connectivity index is 1.72. The molecule has 2 aromatic carbocycles. The van der Waals surface area contributed by atoms with E-state index in [1.807, 2.05) is 41.2 Å². The maximum absolute atomic E-state index is 4.27. The van der Waals surface area contributed by atoms with E-state index in [2.05, 4.69) is 42.4 Å². The summed E-state index contributed by atoms with van der Waals surface area (Å²) in [7, 11) is 0. The van der Waals surface area contributed by atoms with Gasteiger partial charge in [0.05, 0.1) is 17.6 Å². The highest BCUT2D eigenvalue weighted by Crippen LogP contribution is 2.15. The molecule has 0 aliphatic rings. The summed E-state index contributed by atoms with van der Waals surface area (Å²) in [4.78, 5) is 0. The molecule has 3 nitrogen and oxygen atoms in total. The molecule has 0 fully saturated rings. The van der Waals surface area contributed by atoms with Crippen molar-refractivity contribution in [3.63, 3.8) is 0 Å². The minimum Gasteiger partial charge on any atom is -0.220 e. The first-order chi connectivity index (χ1) is 10.2. The van der Waals surface area contributed by atoms with E-state index in [0.29, 0.717) is 0 Å². The Hall–Kier alpha value is -2.42. The predicted octanol–water partition coefficient (Wildman–Crippen LogP) is 3.67. The van der Waals surface area contributed by atoms with E-state index >= 15 is 0 Å². The molecule has 3 aromatic rings. The molecule has 106 valence electrons. The number of para-hydroxylation sites is 1. The van der Waals surface area contributed by atoms with Gasteiger partial charge in [-0.25, -0.2) is 4.68 Å². The van der Waals surface area contributed by atoms with E-state index in [1.54, 1.807) is 0 Å². The van der Waals surface area contributed by atoms with Crippen molar-refractivity contribution in [3.8, 4) is 5.69 Å². The molecule has 0 atom stereocenters. The predicted molar refractivity (Wildman–Crippen MR) is 84.7 cm³/mol. The Kier molecular flexibility index (Phi) is 3.82. The largest absolute Gasteiger partial charge is 0.220 e. The molecule has 1 heterocycles. The monoisotopic (exact) mass is 277 g/mol. The molecule has 3 rings (SSSR count). The topological polar surface area (TPSA) is 30.7 Å². The zero-order chi connectivity index (χ0) is 14.7. The minimum atomic E-state index is 0.914. The molecule has 3 heteroatoms. The lowest BCUT2D eigenvalue weighted by Crippen LogP contribution is -1.96. The summed E-state index contributed by atoms with van der Waals surface area (Å²) in [5.41, 5.74) is 6.19. The lowest BCUT2D eigenvalue weighted by Gasteiger charge is -2.07. The number of aromatic nitrogens is 3. The van der Waals surface area contributed by atoms with E-state index in [-0.39, 0.29) is 0 Å². The third kappa shape index (κ3) is 3.02. The second kappa shape index (κ2) is 5.92. The van der Waals surface area contributed by atoms with Gasteiger partial charge < -0.3 is 0 Å². The smallest absolute Gasteiger partial charge is 0.0835 e. The minimum absolute atomic E-state index is 0.914. The number of hydrogen-bond donors (Lipinski definition) is 0. The summed E-state index contributed by atoms with van der Waals surface area (Å²) in [5, 5.41) is 8.48. The van der Waals surface area contributed by atoms with Crippen molar-refractivity contribution in [3.05, 3.63) is 77.1 Å². The summed E-state index contributed by atoms with van der Waals surface area (Å²) in [6.07, 6.45) is 3.93. The van der Waals surface area contributed by atoms with Crippen LogP contribution in [0, 0.1) is 13.8 Å². The van der Waals surface area contributed by atoms with Gasteiger partial charge in [0.1, 0.15) is 0 Å². The van der Waals surface area contributed by atoms with Crippen molar-refractivity contribution in [2.45, 2.75) is 26.7 Å². The van der Waals surface area contributed by atoms with Crippen molar-refractivity contribution in [1.29, 1.82) is 0 Å². The lowest BCUT2D eigenvalue weighted by atomic mass is 9.99. The number of aryl methyl sites for hydroxylation is 3. The van der Waals surface area contributed by atoms with Crippen LogP contribution < -0.4 is 0 Å². The second-order valence-corrected chi connectivity index (χ2v) is 5.35. The summed E-state index contributed by atoms with van der Waals surface area (Å²) in [6, 6.07) is 16.6. The lowest BCUT2D eigenvalue weighted by molar-refractivity contribution is 0.793. The second-order valence-electron chi connectivity index (χ2n) is 5.35. The van der Waals surface area contributed by atoms with E-state index in [0.717, 1.165) is 24.2 Å². The zero-order valence-electron chi connectivity index (χ0n) is 12.5. The van der Waals surface area contributed by atoms with Gasteiger partial charge in [-0.2, -0.15) is 0 Å². The van der Waals surface area contributed by atoms with Crippen LogP contribution in [-0.2, 0) is 12.8 Å². The van der Waals surface area contributed by atoms with Crippen molar-refractivity contribution in [2.75, 3.05) is 0 Å². The Labute approximate surface area is 125 Å². The first-order valence-corrected chi connectivity index (χ1v) is 7.26. The van der Waals surface area contributed by atoms with E-state index < -0.39 is 0 Å². The molecule has 0 amide bonds. The molecule has 1 aromatic heterocycles. The van der Waals surface area contributed by atoms with E-state index in [9.17, 15) is 0 Å². The van der Waals surface area contributed by atoms with E-state index in [1.165, 1.54) is 16.7 Å². The molecule has 0 aliphatic heterocycles. The summed E-state index contributed by atoms with van der Waals surface area (Å²) < 4.78 is 1.83. The third-order valence-electron chi connectivity index (χ3n) is 3.93. The summed E-state index contributed by atoms with van der Waals surface area (Å²) >= 11 is 0. The van der Waals surface area contributed by atoms with Crippen LogP contribution >= 0.6 is 0 Å². The normalized spacial score (nSPS) is 10.8. The Bertz CT molecular complexity index is 729. The molecule has 0 bridgehead atoms. The number of hydrogen-bond acceptors (Lipinski definition) is 2. The van der Waals surface area contributed by atoms with Crippen LogP contribution in [0.3, 0.4) is 0 Å². The molecule has 21 heavy (non-hydrogen) atoms. The van der Waals surface area contributed by atoms with Gasteiger partial charge in [0.15, 0.2) is 0 Å². The first kappa shape index (κ1) is 13.6. The molecule has 0 unspecified atom stereocenters. The number of nitrogens with zero attached hydrogens (tertiary/aromatic N) is 3. The molecule has 0 N–H and O–H groups in total. The SMILES string of the molecule is Cc1cccc(CCc2cn(-c3ccccc3)nn2)c1C. The van der Waals surface area contributed by atoms with Crippen molar-refractivity contribution in [2.24, 2.45) is 0 Å². The van der Waals surface area contributed by atoms with Crippen LogP contribution in [0.2, 0.25) is 0 Å². The maximum Gasteiger partial charge on any atom is 0.0835 e. The van der Waals surface area contributed by atoms with Crippen molar-refractivity contribution in [1.82, 2.24) is 15.0 Å². The van der Waals surface area contributed by atoms with Gasteiger partial charge >= 0.3 is 0 Å². The fraction of sp³-hybridized carbons (Fsp3) is 0.222. The summed E-state index contributed by atoms with van der Waals surface area (Å²) in [5.74, 6) is 0. The van der Waals surface area contributed by atoms with Gasteiger partial charge in [-0.1, -0.05) is 41.6 Å². The van der Waals surface area contributed by atoms with Crippen molar-refractivity contribution >= 4 is 0 Å².